The van der Waals surface area contributed by atoms with E-state index < -0.39 is 192 Å². The Morgan fingerprint density at radius 2 is 1.24 bits per heavy atom. The first-order valence-electron chi connectivity index (χ1n) is 37.3. The molecule has 596 valence electrons. The molecule has 15 rings (SSSR count). The highest BCUT2D eigenvalue weighted by atomic mass is 35.5. The van der Waals surface area contributed by atoms with E-state index in [4.69, 9.17) is 47.9 Å². The lowest BCUT2D eigenvalue weighted by atomic mass is 9.54. The number of unbranched alkanes of at least 4 members (excludes halogenated alkanes) is 4. The van der Waals surface area contributed by atoms with Gasteiger partial charge >= 0.3 is 6.03 Å². The van der Waals surface area contributed by atoms with Crippen molar-refractivity contribution in [3.05, 3.63) is 117 Å². The van der Waals surface area contributed by atoms with Crippen molar-refractivity contribution in [2.75, 3.05) is 20.1 Å². The zero-order valence-corrected chi connectivity index (χ0v) is 62.7. The number of aliphatic hydroxyl groups excluding tert-OH is 5. The third-order valence-electron chi connectivity index (χ3n) is 21.8. The molecule has 32 nitrogen and oxygen atoms in total. The van der Waals surface area contributed by atoms with Gasteiger partial charge in [-0.3, -0.25) is 43.7 Å². The Kier molecular flexibility index (Phi) is 25.2. The fourth-order valence-corrected chi connectivity index (χ4v) is 16.8. The molecule has 1 saturated heterocycles. The van der Waals surface area contributed by atoms with Gasteiger partial charge in [-0.25, -0.2) is 4.79 Å². The molecule has 34 heteroatoms. The summed E-state index contributed by atoms with van der Waals surface area (Å²) in [5, 5.41) is 120. The first-order chi connectivity index (χ1) is 53.0. The number of imide groups is 1. The number of aromatic hydroxyl groups is 3. The van der Waals surface area contributed by atoms with E-state index in [-0.39, 0.29) is 91.7 Å². The second-order valence-corrected chi connectivity index (χ2v) is 30.9. The number of hydrogen-bond donors (Lipinski definition) is 19. The molecule has 6 heterocycles. The molecule has 5 aromatic rings. The number of phenolic OH excluding ortho intramolecular Hbond substituents is 3. The van der Waals surface area contributed by atoms with Crippen LogP contribution in [0.4, 0.5) is 4.79 Å². The Labute approximate surface area is 647 Å². The Morgan fingerprint density at radius 3 is 1.86 bits per heavy atom. The lowest BCUT2D eigenvalue weighted by Gasteiger charge is -2.54. The minimum Gasteiger partial charge on any atom is -0.508 e. The minimum atomic E-state index is -2.34. The highest BCUT2D eigenvalue weighted by molar-refractivity contribution is 6.32. The summed E-state index contributed by atoms with van der Waals surface area (Å²) in [4.78, 5) is 136. The average molecular weight is 1580 g/mol. The first-order valence-corrected chi connectivity index (χ1v) is 38.1. The number of benzene rings is 5. The number of hydrogen-bond acceptors (Lipinski definition) is 23. The SMILES string of the molecule is CCCCCCCNC(=O)NC(=O)CC1NC(=O)C(NC(=O)[C@@H](CC(C)C)NC)[C@H](O)c2ccc(c(Cl)c2)Oc2cc3cc(c2O[C@H]2O[C@H](CN)[C@@H](O)[C@H](O)[C@H]2O)Oc2ccc(cc2Cl)[C@@H](O)[C@@H]2NC(=O)[C@H](NC(=O)C3NC1=O)c1ccc(O)c(c1)-c1c(O)cc(O)cc1[C@H](C(=O)NC1C3CC4CC(C3)CC1C4)NC2=O. The Hall–Kier alpha value is -9.61. The number of phenols is 3. The molecule has 14 atom stereocenters. The number of rotatable bonds is 18. The minimum absolute atomic E-state index is 0.0780. The van der Waals surface area contributed by atoms with Gasteiger partial charge in [-0.05, 0) is 164 Å². The van der Waals surface area contributed by atoms with Gasteiger partial charge < -0.3 is 113 Å². The van der Waals surface area contributed by atoms with Crippen molar-refractivity contribution in [3.8, 4) is 57.1 Å². The van der Waals surface area contributed by atoms with Crippen LogP contribution in [0.25, 0.3) is 11.1 Å². The van der Waals surface area contributed by atoms with Crippen molar-refractivity contribution < 1.29 is 103 Å². The standard InChI is InChI=1S/C77H93Cl2N11O21/c1-5-6-7-8-9-16-82-77(107)84-55(94)30-47-70(101)86-59-40-26-52(108-50-14-11-36(24-44(50)78)63(95)61(74(105)83-47)89-69(100)46(81-4)17-32(2)3)68(111-76-67(99)66(98)65(97)54(31-80)110-76)53(27-40)109-51-15-12-37(25-45(51)79)64(96)62-75(106)88-60(73(104)85-57-38-19-33-18-34(21-38)22-39(57)20-33)43-28-41(91)29-49(93)56(43)42-23-35(10-13-48(42)92)58(71(102)90-62)87-72(59)103/h10-15,23-29,32-34,38-39,46-47,54,57-67,76,81,91-93,95-99H,5-9,16-22,30-31,80H2,1-4H3,(H,83,105)(H,85,104)(H,86,101)(H,87,103)(H,88,106)(H,89,100)(H,90,102)(H2,82,84,94,107)/t33?,34?,38?,39?,46-,47?,54-,57?,58-,59?,60-,61?,62+,63-,64-,65-,66+,67-,76-/m1/s1. The van der Waals surface area contributed by atoms with Crippen molar-refractivity contribution in [1.29, 1.82) is 0 Å². The van der Waals surface area contributed by atoms with E-state index >= 15 is 28.8 Å². The molecule has 10 amide bonds. The third-order valence-corrected chi connectivity index (χ3v) is 22.4. The zero-order chi connectivity index (χ0) is 79.5. The van der Waals surface area contributed by atoms with Crippen LogP contribution in [-0.2, 0) is 43.1 Å². The van der Waals surface area contributed by atoms with Gasteiger partial charge in [0.2, 0.25) is 59.3 Å². The number of carbonyl (C=O) groups is 9. The van der Waals surface area contributed by atoms with Crippen molar-refractivity contribution in [3.63, 3.8) is 0 Å². The third kappa shape index (κ3) is 17.8. The Morgan fingerprint density at radius 1 is 0.631 bits per heavy atom. The summed E-state index contributed by atoms with van der Waals surface area (Å²) in [5.74, 6) is -13.0. The molecule has 0 radical (unpaired) electrons. The summed E-state index contributed by atoms with van der Waals surface area (Å²) in [6, 6.07) is -0.588. The molecule has 0 spiro atoms. The largest absolute Gasteiger partial charge is 0.508 e. The van der Waals surface area contributed by atoms with E-state index in [0.717, 1.165) is 112 Å². The molecule has 20 N–H and O–H groups in total. The fraction of sp³-hybridized carbons (Fsp3) is 0.494. The van der Waals surface area contributed by atoms with E-state index in [9.17, 15) is 55.2 Å². The van der Waals surface area contributed by atoms with Crippen LogP contribution in [0.15, 0.2) is 78.9 Å². The highest BCUT2D eigenvalue weighted by Crippen LogP contribution is 2.55. The predicted octanol–water partition coefficient (Wildman–Crippen LogP) is 4.00. The van der Waals surface area contributed by atoms with Gasteiger partial charge in [-0.2, -0.15) is 0 Å². The van der Waals surface area contributed by atoms with E-state index in [1.54, 1.807) is 0 Å². The molecular weight excluding hydrogens is 1490 g/mol. The van der Waals surface area contributed by atoms with Crippen LogP contribution in [0.2, 0.25) is 10.0 Å². The second kappa shape index (κ2) is 34.6. The van der Waals surface area contributed by atoms with Gasteiger partial charge in [0.05, 0.1) is 22.5 Å². The van der Waals surface area contributed by atoms with Crippen LogP contribution in [0.1, 0.15) is 156 Å². The van der Waals surface area contributed by atoms with Crippen LogP contribution in [0.3, 0.4) is 0 Å². The summed E-state index contributed by atoms with van der Waals surface area (Å²) in [6.45, 7) is 5.37. The number of carbonyl (C=O) groups excluding carboxylic acids is 9. The maximum absolute atomic E-state index is 16.3. The number of ether oxygens (including phenoxy) is 4. The van der Waals surface area contributed by atoms with Crippen molar-refractivity contribution in [2.24, 2.45) is 35.3 Å². The average Bonchev–Trinajstić information content (AvgIpc) is 0.765. The number of nitrogens with one attached hydrogen (secondary N) is 10. The lowest BCUT2D eigenvalue weighted by Crippen LogP contribution is -2.60. The smallest absolute Gasteiger partial charge is 0.321 e. The van der Waals surface area contributed by atoms with Gasteiger partial charge in [-0.1, -0.05) is 87.9 Å². The van der Waals surface area contributed by atoms with Crippen LogP contribution < -0.4 is 73.1 Å². The molecule has 0 aromatic heterocycles. The number of halogens is 2. The molecule has 6 aliphatic heterocycles. The van der Waals surface area contributed by atoms with E-state index in [1.165, 1.54) is 31.3 Å². The lowest BCUT2D eigenvalue weighted by molar-refractivity contribution is -0.270. The second-order valence-electron chi connectivity index (χ2n) is 30.1. The highest BCUT2D eigenvalue weighted by Gasteiger charge is 2.51. The van der Waals surface area contributed by atoms with Gasteiger partial charge in [-0.15, -0.1) is 0 Å². The topological polar surface area (TPSA) is 499 Å². The summed E-state index contributed by atoms with van der Waals surface area (Å²) in [7, 11) is 1.49. The molecule has 4 saturated carbocycles. The number of amides is 10. The predicted molar refractivity (Wildman–Crippen MR) is 397 cm³/mol. The van der Waals surface area contributed by atoms with Gasteiger partial charge in [0.25, 0.3) is 0 Å². The molecule has 111 heavy (non-hydrogen) atoms. The molecule has 3 unspecified atom stereocenters. The van der Waals surface area contributed by atoms with Crippen LogP contribution in [0.5, 0.6) is 46.0 Å². The molecular formula is C77H93Cl2N11O21. The molecule has 4 aliphatic carbocycles. The van der Waals surface area contributed by atoms with Crippen LogP contribution in [-0.4, -0.2) is 175 Å². The number of urea groups is 1. The maximum atomic E-state index is 16.3. The molecule has 5 aromatic carbocycles. The van der Waals surface area contributed by atoms with E-state index in [1.807, 2.05) is 20.8 Å². The van der Waals surface area contributed by atoms with Gasteiger partial charge in [0.1, 0.15) is 102 Å². The zero-order valence-electron chi connectivity index (χ0n) is 61.2. The van der Waals surface area contributed by atoms with Gasteiger partial charge in [0.15, 0.2) is 11.5 Å². The number of aliphatic hydroxyl groups is 5. The van der Waals surface area contributed by atoms with E-state index in [2.05, 4.69) is 53.2 Å². The van der Waals surface area contributed by atoms with Crippen LogP contribution in [0, 0.1) is 29.6 Å². The van der Waals surface area contributed by atoms with Crippen molar-refractivity contribution in [1.82, 2.24) is 53.2 Å². The summed E-state index contributed by atoms with van der Waals surface area (Å²) in [6.07, 6.45) is -5.95. The first kappa shape index (κ1) is 80.9. The fourth-order valence-electron chi connectivity index (χ4n) is 16.3. The number of nitrogens with two attached hydrogens (primary N) is 1. The molecule has 10 aliphatic rings. The normalized spacial score (nSPS) is 28.5. The van der Waals surface area contributed by atoms with Crippen molar-refractivity contribution in [2.45, 2.75) is 189 Å². The van der Waals surface area contributed by atoms with Crippen LogP contribution >= 0.6 is 23.2 Å². The number of fused-ring (bicyclic) bond motifs is 15. The summed E-state index contributed by atoms with van der Waals surface area (Å²) in [5.41, 5.74) is 3.93. The van der Waals surface area contributed by atoms with Crippen molar-refractivity contribution >= 4 is 76.5 Å². The summed E-state index contributed by atoms with van der Waals surface area (Å²) >= 11 is 14.2. The van der Waals surface area contributed by atoms with Gasteiger partial charge in [0, 0.05) is 36.3 Å². The molecule has 5 fully saturated rings. The van der Waals surface area contributed by atoms with E-state index in [0.29, 0.717) is 18.3 Å². The number of likely N-dealkylation sites (N-methyl/N-ethyl adjacent to an activating group) is 1. The maximum Gasteiger partial charge on any atom is 0.321 e. The Bertz CT molecular complexity index is 4370. The quantitative estimate of drug-likeness (QED) is 0.0551. The summed E-state index contributed by atoms with van der Waals surface area (Å²) < 4.78 is 25.6. The molecule has 15 bridgehead atoms. The Balaban J connectivity index is 1.05. The monoisotopic (exact) mass is 1580 g/mol.